The van der Waals surface area contributed by atoms with E-state index in [1.165, 1.54) is 14.7 Å². The first-order valence-electron chi connectivity index (χ1n) is 4.16. The highest BCUT2D eigenvalue weighted by molar-refractivity contribution is 8.03. The van der Waals surface area contributed by atoms with E-state index in [2.05, 4.69) is 30.9 Å². The predicted molar refractivity (Wildman–Crippen MR) is 67.7 cm³/mol. The third kappa shape index (κ3) is 2.63. The molecule has 1 N–H and O–H groups in total. The molecule has 0 aliphatic heterocycles. The summed E-state index contributed by atoms with van der Waals surface area (Å²) in [4.78, 5) is 3.84. The van der Waals surface area contributed by atoms with Crippen molar-refractivity contribution in [1.82, 2.24) is 0 Å². The molecule has 0 saturated heterocycles. The first kappa shape index (κ1) is 12.3. The Bertz CT molecular complexity index is 287. The Balaban J connectivity index is 3.24. The minimum atomic E-state index is 0.121. The first-order valence-corrected chi connectivity index (χ1v) is 7.84. The number of thioether (sulfide) groups is 3. The molecule has 1 aromatic carbocycles. The van der Waals surface area contributed by atoms with E-state index in [9.17, 15) is 0 Å². The molecule has 1 rings (SSSR count). The molecule has 0 spiro atoms. The lowest BCUT2D eigenvalue weighted by Gasteiger charge is -2.11. The fourth-order valence-electron chi connectivity index (χ4n) is 1.23. The average Bonchev–Trinajstić information content (AvgIpc) is 2.26. The van der Waals surface area contributed by atoms with Gasteiger partial charge in [-0.3, -0.25) is 0 Å². The fourth-order valence-corrected chi connectivity index (χ4v) is 3.94. The van der Waals surface area contributed by atoms with Crippen molar-refractivity contribution >= 4 is 35.3 Å². The van der Waals surface area contributed by atoms with Gasteiger partial charge in [0.15, 0.2) is 0 Å². The molecule has 0 atom stereocenters. The van der Waals surface area contributed by atoms with Crippen LogP contribution < -0.4 is 0 Å². The number of rotatable bonds is 4. The molecule has 0 unspecified atom stereocenters. The van der Waals surface area contributed by atoms with Gasteiger partial charge < -0.3 is 5.11 Å². The molecule has 14 heavy (non-hydrogen) atoms. The van der Waals surface area contributed by atoms with E-state index < -0.39 is 0 Å². The van der Waals surface area contributed by atoms with Crippen molar-refractivity contribution in [2.75, 3.05) is 18.8 Å². The summed E-state index contributed by atoms with van der Waals surface area (Å²) in [5.74, 6) is 0. The molecule has 0 aliphatic carbocycles. The zero-order chi connectivity index (χ0) is 10.6. The molecule has 0 saturated carbocycles. The minimum Gasteiger partial charge on any atom is -0.392 e. The number of hydrogen-bond acceptors (Lipinski definition) is 4. The molecule has 0 fully saturated rings. The Morgan fingerprint density at radius 1 is 1.00 bits per heavy atom. The monoisotopic (exact) mass is 246 g/mol. The lowest BCUT2D eigenvalue weighted by atomic mass is 10.2. The second kappa shape index (κ2) is 5.95. The zero-order valence-corrected chi connectivity index (χ0v) is 11.0. The van der Waals surface area contributed by atoms with Crippen LogP contribution in [0.25, 0.3) is 0 Å². The predicted octanol–water partition coefficient (Wildman–Crippen LogP) is 3.34. The summed E-state index contributed by atoms with van der Waals surface area (Å²) >= 11 is 5.23. The van der Waals surface area contributed by atoms with Gasteiger partial charge in [0.05, 0.1) is 6.61 Å². The number of benzene rings is 1. The summed E-state index contributed by atoms with van der Waals surface area (Å²) < 4.78 is 0. The van der Waals surface area contributed by atoms with Crippen LogP contribution in [0.2, 0.25) is 0 Å². The van der Waals surface area contributed by atoms with Gasteiger partial charge in [0.1, 0.15) is 0 Å². The van der Waals surface area contributed by atoms with E-state index in [1.54, 1.807) is 35.3 Å². The lowest BCUT2D eigenvalue weighted by molar-refractivity contribution is 0.281. The van der Waals surface area contributed by atoms with Gasteiger partial charge in [-0.15, -0.1) is 35.3 Å². The van der Waals surface area contributed by atoms with Gasteiger partial charge in [0.2, 0.25) is 0 Å². The van der Waals surface area contributed by atoms with E-state index in [1.807, 2.05) is 0 Å². The van der Waals surface area contributed by atoms with Crippen LogP contribution in [0, 0.1) is 0 Å². The fraction of sp³-hybridized carbons (Fsp3) is 0.400. The maximum Gasteiger partial charge on any atom is 0.0682 e. The zero-order valence-electron chi connectivity index (χ0n) is 8.53. The van der Waals surface area contributed by atoms with Crippen LogP contribution in [0.4, 0.5) is 0 Å². The number of hydrogen-bond donors (Lipinski definition) is 1. The molecule has 0 aromatic heterocycles. The Labute approximate surface area is 98.1 Å². The van der Waals surface area contributed by atoms with Gasteiger partial charge in [-0.25, -0.2) is 0 Å². The van der Waals surface area contributed by atoms with E-state index in [0.29, 0.717) is 0 Å². The second-order valence-corrected chi connectivity index (χ2v) is 5.20. The van der Waals surface area contributed by atoms with Crippen molar-refractivity contribution in [1.29, 1.82) is 0 Å². The molecule has 0 bridgehead atoms. The molecule has 0 aliphatic rings. The first-order chi connectivity index (χ1) is 6.76. The lowest BCUT2D eigenvalue weighted by Crippen LogP contribution is -1.89. The minimum absolute atomic E-state index is 0.121. The summed E-state index contributed by atoms with van der Waals surface area (Å²) in [6.07, 6.45) is 6.23. The topological polar surface area (TPSA) is 20.2 Å². The standard InChI is InChI=1S/C10H14OS3/c1-12-8-4-7(6-11)5-9(13-2)10(8)14-3/h4-5,11H,6H2,1-3H3. The van der Waals surface area contributed by atoms with Crippen LogP contribution in [0.5, 0.6) is 0 Å². The molecular weight excluding hydrogens is 232 g/mol. The SMILES string of the molecule is CSc1cc(CO)cc(SC)c1SC. The Hall–Kier alpha value is 0.230. The van der Waals surface area contributed by atoms with Crippen LogP contribution >= 0.6 is 35.3 Å². The highest BCUT2D eigenvalue weighted by Gasteiger charge is 2.08. The van der Waals surface area contributed by atoms with Gasteiger partial charge >= 0.3 is 0 Å². The molecule has 1 aromatic rings. The van der Waals surface area contributed by atoms with Crippen molar-refractivity contribution in [3.05, 3.63) is 17.7 Å². The van der Waals surface area contributed by atoms with Crippen molar-refractivity contribution in [2.24, 2.45) is 0 Å². The van der Waals surface area contributed by atoms with Crippen LogP contribution in [0.3, 0.4) is 0 Å². The third-order valence-corrected chi connectivity index (χ3v) is 4.54. The van der Waals surface area contributed by atoms with Crippen LogP contribution in [-0.4, -0.2) is 23.9 Å². The average molecular weight is 246 g/mol. The molecule has 0 heterocycles. The van der Waals surface area contributed by atoms with E-state index in [0.717, 1.165) is 5.56 Å². The van der Waals surface area contributed by atoms with Gasteiger partial charge in [-0.2, -0.15) is 0 Å². The summed E-state index contributed by atoms with van der Waals surface area (Å²) in [5.41, 5.74) is 0.997. The Morgan fingerprint density at radius 2 is 1.50 bits per heavy atom. The summed E-state index contributed by atoms with van der Waals surface area (Å²) in [5, 5.41) is 9.12. The normalized spacial score (nSPS) is 10.6. The maximum atomic E-state index is 9.12. The Kier molecular flexibility index (Phi) is 5.23. The van der Waals surface area contributed by atoms with E-state index in [4.69, 9.17) is 5.11 Å². The third-order valence-electron chi connectivity index (χ3n) is 1.91. The molecular formula is C10H14OS3. The number of aliphatic hydroxyl groups excluding tert-OH is 1. The van der Waals surface area contributed by atoms with Gasteiger partial charge in [-0.05, 0) is 36.5 Å². The van der Waals surface area contributed by atoms with E-state index >= 15 is 0 Å². The maximum absolute atomic E-state index is 9.12. The summed E-state index contributed by atoms with van der Waals surface area (Å²) in [6.45, 7) is 0.121. The van der Waals surface area contributed by atoms with Gasteiger partial charge in [-0.1, -0.05) is 0 Å². The van der Waals surface area contributed by atoms with Gasteiger partial charge in [0.25, 0.3) is 0 Å². The molecule has 4 heteroatoms. The van der Waals surface area contributed by atoms with Crippen molar-refractivity contribution in [2.45, 2.75) is 21.3 Å². The van der Waals surface area contributed by atoms with Crippen molar-refractivity contribution in [3.8, 4) is 0 Å². The van der Waals surface area contributed by atoms with Crippen LogP contribution in [-0.2, 0) is 6.61 Å². The van der Waals surface area contributed by atoms with Crippen LogP contribution in [0.15, 0.2) is 26.8 Å². The molecule has 78 valence electrons. The van der Waals surface area contributed by atoms with E-state index in [-0.39, 0.29) is 6.61 Å². The smallest absolute Gasteiger partial charge is 0.0682 e. The number of aliphatic hydroxyl groups is 1. The summed E-state index contributed by atoms with van der Waals surface area (Å²) in [7, 11) is 0. The van der Waals surface area contributed by atoms with Crippen LogP contribution in [0.1, 0.15) is 5.56 Å². The largest absolute Gasteiger partial charge is 0.392 e. The second-order valence-electron chi connectivity index (χ2n) is 2.69. The molecule has 0 amide bonds. The summed E-state index contributed by atoms with van der Waals surface area (Å²) in [6, 6.07) is 4.13. The Morgan fingerprint density at radius 3 is 1.79 bits per heavy atom. The quantitative estimate of drug-likeness (QED) is 0.822. The van der Waals surface area contributed by atoms with Crippen molar-refractivity contribution < 1.29 is 5.11 Å². The molecule has 1 nitrogen and oxygen atoms in total. The highest BCUT2D eigenvalue weighted by Crippen LogP contribution is 2.37. The molecule has 0 radical (unpaired) electrons. The van der Waals surface area contributed by atoms with Gasteiger partial charge in [0, 0.05) is 14.7 Å². The highest BCUT2D eigenvalue weighted by atomic mass is 32.2. The van der Waals surface area contributed by atoms with Crippen molar-refractivity contribution in [3.63, 3.8) is 0 Å².